The Morgan fingerprint density at radius 2 is 1.95 bits per heavy atom. The Kier molecular flexibility index (Phi) is 5.16. The maximum Gasteiger partial charge on any atom is 0.0835 e. The van der Waals surface area contributed by atoms with Crippen molar-refractivity contribution in [3.8, 4) is 0 Å². The maximum absolute atomic E-state index is 4.64. The van der Waals surface area contributed by atoms with Crippen LogP contribution >= 0.6 is 0 Å². The van der Waals surface area contributed by atoms with E-state index in [0.717, 1.165) is 49.4 Å². The zero-order valence-corrected chi connectivity index (χ0v) is 12.7. The van der Waals surface area contributed by atoms with Gasteiger partial charge in [0.05, 0.1) is 17.9 Å². The molecule has 20 heavy (non-hydrogen) atoms. The molecule has 2 heterocycles. The van der Waals surface area contributed by atoms with E-state index in [2.05, 4.69) is 53.0 Å². The summed E-state index contributed by atoms with van der Waals surface area (Å²) in [6.07, 6.45) is 4.96. The fourth-order valence-corrected chi connectivity index (χ4v) is 2.21. The lowest BCUT2D eigenvalue weighted by Crippen LogP contribution is -2.08. The summed E-state index contributed by atoms with van der Waals surface area (Å²) in [5.41, 5.74) is 4.61. The molecule has 0 atom stereocenters. The molecule has 0 amide bonds. The Morgan fingerprint density at radius 3 is 2.65 bits per heavy atom. The van der Waals surface area contributed by atoms with Crippen LogP contribution in [-0.2, 0) is 19.4 Å². The first-order chi connectivity index (χ1) is 9.76. The summed E-state index contributed by atoms with van der Waals surface area (Å²) in [6, 6.07) is 6.32. The van der Waals surface area contributed by atoms with Crippen molar-refractivity contribution in [1.82, 2.24) is 14.8 Å². The summed E-state index contributed by atoms with van der Waals surface area (Å²) in [4.78, 5) is 4.45. The smallest absolute Gasteiger partial charge is 0.0835 e. The monoisotopic (exact) mass is 272 g/mol. The van der Waals surface area contributed by atoms with Crippen molar-refractivity contribution in [2.75, 3.05) is 11.9 Å². The van der Waals surface area contributed by atoms with Gasteiger partial charge in [0.15, 0.2) is 0 Å². The summed E-state index contributed by atoms with van der Waals surface area (Å²) in [5, 5.41) is 8.04. The van der Waals surface area contributed by atoms with Gasteiger partial charge in [0.2, 0.25) is 0 Å². The minimum absolute atomic E-state index is 0.741. The highest BCUT2D eigenvalue weighted by Crippen LogP contribution is 2.12. The van der Waals surface area contributed by atoms with Crippen LogP contribution in [0.2, 0.25) is 0 Å². The second-order valence-electron chi connectivity index (χ2n) is 4.95. The van der Waals surface area contributed by atoms with E-state index in [1.54, 1.807) is 0 Å². The van der Waals surface area contributed by atoms with Crippen LogP contribution in [0.25, 0.3) is 0 Å². The van der Waals surface area contributed by atoms with E-state index in [1.807, 2.05) is 12.3 Å². The Balaban J connectivity index is 2.14. The van der Waals surface area contributed by atoms with Crippen LogP contribution in [0.1, 0.15) is 44.3 Å². The van der Waals surface area contributed by atoms with Crippen molar-refractivity contribution < 1.29 is 0 Å². The summed E-state index contributed by atoms with van der Waals surface area (Å²) in [6.45, 7) is 8.20. The average Bonchev–Trinajstić information content (AvgIpc) is 2.87. The van der Waals surface area contributed by atoms with E-state index < -0.39 is 0 Å². The van der Waals surface area contributed by atoms with Crippen molar-refractivity contribution in [3.05, 3.63) is 41.5 Å². The molecule has 1 N–H and O–H groups in total. The number of nitrogens with zero attached hydrogens (tertiary/aromatic N) is 3. The molecule has 0 aromatic carbocycles. The molecule has 2 rings (SSSR count). The van der Waals surface area contributed by atoms with Gasteiger partial charge in [-0.15, -0.1) is 0 Å². The van der Waals surface area contributed by atoms with Crippen LogP contribution in [0.15, 0.2) is 24.4 Å². The van der Waals surface area contributed by atoms with Gasteiger partial charge >= 0.3 is 0 Å². The molecular weight excluding hydrogens is 248 g/mol. The highest BCUT2D eigenvalue weighted by Gasteiger charge is 2.07. The second-order valence-corrected chi connectivity index (χ2v) is 4.95. The molecule has 108 valence electrons. The third-order valence-corrected chi connectivity index (χ3v) is 3.35. The largest absolute Gasteiger partial charge is 0.385 e. The Labute approximate surface area is 121 Å². The van der Waals surface area contributed by atoms with Crippen molar-refractivity contribution in [2.45, 2.75) is 46.6 Å². The molecule has 2 aromatic rings. The van der Waals surface area contributed by atoms with Gasteiger partial charge in [-0.3, -0.25) is 9.67 Å². The summed E-state index contributed by atoms with van der Waals surface area (Å²) in [7, 11) is 0. The number of hydrogen-bond acceptors (Lipinski definition) is 3. The van der Waals surface area contributed by atoms with Crippen LogP contribution in [0.4, 0.5) is 5.69 Å². The number of anilines is 1. The Hall–Kier alpha value is -1.84. The third kappa shape index (κ3) is 3.59. The molecule has 0 saturated heterocycles. The molecule has 0 saturated carbocycles. The van der Waals surface area contributed by atoms with E-state index >= 15 is 0 Å². The standard InChI is InChI=1S/C16H24N4/c1-4-8-17-14-7-9-18-15(10-14)12-20-16(6-3)11-13(5-2)19-20/h7,9-11H,4-6,8,12H2,1-3H3,(H,17,18). The van der Waals surface area contributed by atoms with Crippen molar-refractivity contribution in [2.24, 2.45) is 0 Å². The molecule has 0 fully saturated rings. The molecule has 0 spiro atoms. The third-order valence-electron chi connectivity index (χ3n) is 3.35. The first kappa shape index (κ1) is 14.6. The molecule has 0 aliphatic carbocycles. The number of rotatable bonds is 7. The van der Waals surface area contributed by atoms with Crippen LogP contribution in [0, 0.1) is 0 Å². The summed E-state index contributed by atoms with van der Waals surface area (Å²) in [5.74, 6) is 0. The first-order valence-electron chi connectivity index (χ1n) is 7.51. The SMILES string of the molecule is CCCNc1ccnc(Cn2nc(CC)cc2CC)c1. The van der Waals surface area contributed by atoms with Gasteiger partial charge in [0.25, 0.3) is 0 Å². The first-order valence-corrected chi connectivity index (χ1v) is 7.51. The van der Waals surface area contributed by atoms with E-state index in [9.17, 15) is 0 Å². The van der Waals surface area contributed by atoms with E-state index in [1.165, 1.54) is 5.69 Å². The van der Waals surface area contributed by atoms with Crippen LogP contribution in [-0.4, -0.2) is 21.3 Å². The molecular formula is C16H24N4. The summed E-state index contributed by atoms with van der Waals surface area (Å²) < 4.78 is 2.07. The number of nitrogens with one attached hydrogen (secondary N) is 1. The number of aryl methyl sites for hydroxylation is 2. The van der Waals surface area contributed by atoms with Gasteiger partial charge in [0.1, 0.15) is 0 Å². The average molecular weight is 272 g/mol. The molecule has 0 bridgehead atoms. The topological polar surface area (TPSA) is 42.7 Å². The number of hydrogen-bond donors (Lipinski definition) is 1. The second kappa shape index (κ2) is 7.08. The lowest BCUT2D eigenvalue weighted by molar-refractivity contribution is 0.630. The predicted molar refractivity (Wildman–Crippen MR) is 83.1 cm³/mol. The molecule has 0 aliphatic heterocycles. The number of pyridine rings is 1. The van der Waals surface area contributed by atoms with E-state index in [0.29, 0.717) is 0 Å². The molecule has 0 unspecified atom stereocenters. The number of aromatic nitrogens is 3. The Morgan fingerprint density at radius 1 is 1.10 bits per heavy atom. The quantitative estimate of drug-likeness (QED) is 0.841. The zero-order valence-electron chi connectivity index (χ0n) is 12.7. The molecule has 0 aliphatic rings. The Bertz CT molecular complexity index is 545. The minimum Gasteiger partial charge on any atom is -0.385 e. The van der Waals surface area contributed by atoms with Gasteiger partial charge in [-0.05, 0) is 37.5 Å². The van der Waals surface area contributed by atoms with Gasteiger partial charge < -0.3 is 5.32 Å². The normalized spacial score (nSPS) is 10.8. The summed E-state index contributed by atoms with van der Waals surface area (Å²) >= 11 is 0. The minimum atomic E-state index is 0.741. The van der Waals surface area contributed by atoms with Crippen molar-refractivity contribution >= 4 is 5.69 Å². The van der Waals surface area contributed by atoms with Crippen molar-refractivity contribution in [3.63, 3.8) is 0 Å². The van der Waals surface area contributed by atoms with E-state index in [4.69, 9.17) is 0 Å². The van der Waals surface area contributed by atoms with Gasteiger partial charge in [-0.1, -0.05) is 20.8 Å². The van der Waals surface area contributed by atoms with E-state index in [-0.39, 0.29) is 0 Å². The van der Waals surface area contributed by atoms with Gasteiger partial charge in [-0.2, -0.15) is 5.10 Å². The molecule has 0 radical (unpaired) electrons. The van der Waals surface area contributed by atoms with Crippen LogP contribution in [0.5, 0.6) is 0 Å². The maximum atomic E-state index is 4.64. The van der Waals surface area contributed by atoms with Crippen LogP contribution < -0.4 is 5.32 Å². The molecule has 4 heteroatoms. The van der Waals surface area contributed by atoms with Gasteiger partial charge in [0, 0.05) is 24.1 Å². The fraction of sp³-hybridized carbons (Fsp3) is 0.500. The predicted octanol–water partition coefficient (Wildman–Crippen LogP) is 3.27. The van der Waals surface area contributed by atoms with Crippen molar-refractivity contribution in [1.29, 1.82) is 0 Å². The van der Waals surface area contributed by atoms with Gasteiger partial charge in [-0.25, -0.2) is 0 Å². The fourth-order valence-electron chi connectivity index (χ4n) is 2.21. The molecule has 2 aromatic heterocycles. The highest BCUT2D eigenvalue weighted by atomic mass is 15.3. The zero-order chi connectivity index (χ0) is 14.4. The van der Waals surface area contributed by atoms with Crippen LogP contribution in [0.3, 0.4) is 0 Å². The lowest BCUT2D eigenvalue weighted by atomic mass is 10.2. The lowest BCUT2D eigenvalue weighted by Gasteiger charge is -2.08. The molecule has 4 nitrogen and oxygen atoms in total. The highest BCUT2D eigenvalue weighted by molar-refractivity contribution is 5.43.